The first-order chi connectivity index (χ1) is 10.6. The molecule has 0 atom stereocenters. The first-order valence-corrected chi connectivity index (χ1v) is 6.86. The number of nitro benzene ring substituents is 1. The number of hydrogen-bond acceptors (Lipinski definition) is 5. The molecular formula is C16H18N2O4. The van der Waals surface area contributed by atoms with Crippen molar-refractivity contribution in [3.63, 3.8) is 0 Å². The van der Waals surface area contributed by atoms with E-state index in [-0.39, 0.29) is 10.6 Å². The Morgan fingerprint density at radius 3 is 2.32 bits per heavy atom. The lowest BCUT2D eigenvalue weighted by Crippen LogP contribution is -2.18. The molecule has 6 nitrogen and oxygen atoms in total. The molecule has 0 amide bonds. The van der Waals surface area contributed by atoms with Crippen molar-refractivity contribution in [1.29, 1.82) is 0 Å². The fourth-order valence-electron chi connectivity index (χ4n) is 2.40. The smallest absolute Gasteiger partial charge is 0.292 e. The van der Waals surface area contributed by atoms with Gasteiger partial charge in [-0.3, -0.25) is 10.1 Å². The highest BCUT2D eigenvalue weighted by Crippen LogP contribution is 2.42. The average molecular weight is 302 g/mol. The predicted octanol–water partition coefficient (Wildman–Crippen LogP) is 3.77. The van der Waals surface area contributed by atoms with Crippen molar-refractivity contribution in [2.24, 2.45) is 0 Å². The second-order valence-corrected chi connectivity index (χ2v) is 4.50. The molecule has 22 heavy (non-hydrogen) atoms. The first kappa shape index (κ1) is 15.6. The molecule has 0 aromatic heterocycles. The van der Waals surface area contributed by atoms with Gasteiger partial charge in [0.05, 0.1) is 24.8 Å². The fourth-order valence-corrected chi connectivity index (χ4v) is 2.40. The number of rotatable bonds is 6. The molecular weight excluding hydrogens is 284 g/mol. The highest BCUT2D eigenvalue weighted by molar-refractivity contribution is 5.77. The van der Waals surface area contributed by atoms with Gasteiger partial charge in [0.15, 0.2) is 11.5 Å². The van der Waals surface area contributed by atoms with Crippen LogP contribution in [-0.2, 0) is 0 Å². The molecule has 0 fully saturated rings. The summed E-state index contributed by atoms with van der Waals surface area (Å²) in [6.07, 6.45) is 0. The minimum absolute atomic E-state index is 0.0502. The summed E-state index contributed by atoms with van der Waals surface area (Å²) in [5, 5.41) is 11.3. The summed E-state index contributed by atoms with van der Waals surface area (Å²) < 4.78 is 10.7. The Bertz CT molecular complexity index is 673. The topological polar surface area (TPSA) is 64.8 Å². The van der Waals surface area contributed by atoms with Gasteiger partial charge >= 0.3 is 0 Å². The van der Waals surface area contributed by atoms with Gasteiger partial charge in [-0.1, -0.05) is 18.2 Å². The number of anilines is 2. The molecule has 0 radical (unpaired) electrons. The standard InChI is InChI=1S/C16H18N2O4/c1-4-17(12-8-5-6-9-13(12)18(19)20)14-10-7-11-15(21-2)16(14)22-3/h5-11H,4H2,1-3H3. The van der Waals surface area contributed by atoms with E-state index in [1.807, 2.05) is 24.0 Å². The molecule has 0 N–H and O–H groups in total. The molecule has 0 aliphatic heterocycles. The van der Waals surface area contributed by atoms with Gasteiger partial charge in [0.2, 0.25) is 0 Å². The third kappa shape index (κ3) is 2.81. The molecule has 2 rings (SSSR count). The van der Waals surface area contributed by atoms with Crippen molar-refractivity contribution in [2.45, 2.75) is 6.92 Å². The van der Waals surface area contributed by atoms with Gasteiger partial charge in [0.1, 0.15) is 5.69 Å². The van der Waals surface area contributed by atoms with E-state index >= 15 is 0 Å². The maximum Gasteiger partial charge on any atom is 0.292 e. The van der Waals surface area contributed by atoms with Gasteiger partial charge in [-0.15, -0.1) is 0 Å². The minimum Gasteiger partial charge on any atom is -0.493 e. The van der Waals surface area contributed by atoms with Crippen LogP contribution in [0.25, 0.3) is 0 Å². The molecule has 2 aromatic rings. The Morgan fingerprint density at radius 1 is 1.05 bits per heavy atom. The van der Waals surface area contributed by atoms with E-state index < -0.39 is 0 Å². The Morgan fingerprint density at radius 2 is 1.73 bits per heavy atom. The molecule has 2 aromatic carbocycles. The van der Waals surface area contributed by atoms with Gasteiger partial charge in [-0.25, -0.2) is 0 Å². The molecule has 0 heterocycles. The van der Waals surface area contributed by atoms with Crippen molar-refractivity contribution in [3.05, 3.63) is 52.6 Å². The summed E-state index contributed by atoms with van der Waals surface area (Å²) in [5.74, 6) is 1.13. The molecule has 0 aliphatic rings. The predicted molar refractivity (Wildman–Crippen MR) is 85.3 cm³/mol. The number of hydrogen-bond donors (Lipinski definition) is 0. The maximum absolute atomic E-state index is 11.3. The van der Waals surface area contributed by atoms with E-state index in [1.165, 1.54) is 6.07 Å². The van der Waals surface area contributed by atoms with E-state index in [1.54, 1.807) is 38.5 Å². The first-order valence-electron chi connectivity index (χ1n) is 6.86. The van der Waals surface area contributed by atoms with E-state index in [0.29, 0.717) is 23.7 Å². The van der Waals surface area contributed by atoms with Crippen LogP contribution >= 0.6 is 0 Å². The van der Waals surface area contributed by atoms with Gasteiger partial charge in [0, 0.05) is 12.6 Å². The number of methoxy groups -OCH3 is 2. The molecule has 0 saturated carbocycles. The second-order valence-electron chi connectivity index (χ2n) is 4.50. The maximum atomic E-state index is 11.3. The summed E-state index contributed by atoms with van der Waals surface area (Å²) >= 11 is 0. The lowest BCUT2D eigenvalue weighted by molar-refractivity contribution is -0.384. The second kappa shape index (κ2) is 6.80. The monoisotopic (exact) mass is 302 g/mol. The minimum atomic E-state index is -0.384. The summed E-state index contributed by atoms with van der Waals surface area (Å²) in [4.78, 5) is 12.7. The lowest BCUT2D eigenvalue weighted by atomic mass is 10.2. The zero-order valence-electron chi connectivity index (χ0n) is 12.8. The van der Waals surface area contributed by atoms with E-state index in [0.717, 1.165) is 5.69 Å². The van der Waals surface area contributed by atoms with Crippen LogP contribution in [0.2, 0.25) is 0 Å². The van der Waals surface area contributed by atoms with Gasteiger partial charge in [-0.05, 0) is 25.1 Å². The fraction of sp³-hybridized carbons (Fsp3) is 0.250. The number of para-hydroxylation sites is 3. The zero-order chi connectivity index (χ0) is 16.1. The number of ether oxygens (including phenoxy) is 2. The van der Waals surface area contributed by atoms with Crippen LogP contribution in [0, 0.1) is 10.1 Å². The van der Waals surface area contributed by atoms with E-state index in [4.69, 9.17) is 9.47 Å². The quantitative estimate of drug-likeness (QED) is 0.600. The summed E-state index contributed by atoms with van der Waals surface area (Å²) in [5.41, 5.74) is 1.29. The molecule has 116 valence electrons. The third-order valence-electron chi connectivity index (χ3n) is 3.36. The van der Waals surface area contributed by atoms with Crippen molar-refractivity contribution < 1.29 is 14.4 Å². The van der Waals surface area contributed by atoms with Crippen molar-refractivity contribution in [2.75, 3.05) is 25.7 Å². The molecule has 0 spiro atoms. The molecule has 0 saturated heterocycles. The largest absolute Gasteiger partial charge is 0.493 e. The van der Waals surface area contributed by atoms with E-state index in [9.17, 15) is 10.1 Å². The van der Waals surface area contributed by atoms with Gasteiger partial charge in [0.25, 0.3) is 5.69 Å². The van der Waals surface area contributed by atoms with E-state index in [2.05, 4.69) is 0 Å². The normalized spacial score (nSPS) is 10.1. The zero-order valence-corrected chi connectivity index (χ0v) is 12.8. The summed E-state index contributed by atoms with van der Waals surface area (Å²) in [6, 6.07) is 12.1. The van der Waals surface area contributed by atoms with Crippen LogP contribution in [0.3, 0.4) is 0 Å². The average Bonchev–Trinajstić information content (AvgIpc) is 2.55. The number of nitrogens with zero attached hydrogens (tertiary/aromatic N) is 2. The number of nitro groups is 1. The van der Waals surface area contributed by atoms with Crippen molar-refractivity contribution >= 4 is 17.1 Å². The highest BCUT2D eigenvalue weighted by Gasteiger charge is 2.22. The van der Waals surface area contributed by atoms with Crippen LogP contribution in [0.15, 0.2) is 42.5 Å². The molecule has 6 heteroatoms. The molecule has 0 unspecified atom stereocenters. The van der Waals surface area contributed by atoms with Crippen molar-refractivity contribution in [3.8, 4) is 11.5 Å². The number of benzene rings is 2. The highest BCUT2D eigenvalue weighted by atomic mass is 16.6. The van der Waals surface area contributed by atoms with Crippen LogP contribution < -0.4 is 14.4 Å². The Hall–Kier alpha value is -2.76. The summed E-state index contributed by atoms with van der Waals surface area (Å²) in [6.45, 7) is 2.48. The summed E-state index contributed by atoms with van der Waals surface area (Å²) in [7, 11) is 3.11. The van der Waals surface area contributed by atoms with Gasteiger partial charge < -0.3 is 14.4 Å². The van der Waals surface area contributed by atoms with Crippen LogP contribution in [0.1, 0.15) is 6.92 Å². The molecule has 0 bridgehead atoms. The molecule has 0 aliphatic carbocycles. The van der Waals surface area contributed by atoms with Crippen LogP contribution in [-0.4, -0.2) is 25.7 Å². The SMILES string of the molecule is CCN(c1ccccc1[N+](=O)[O-])c1cccc(OC)c1OC. The lowest BCUT2D eigenvalue weighted by Gasteiger charge is -2.25. The Balaban J connectivity index is 2.61. The third-order valence-corrected chi connectivity index (χ3v) is 3.36. The Kier molecular flexibility index (Phi) is 4.83. The van der Waals surface area contributed by atoms with Gasteiger partial charge in [-0.2, -0.15) is 0 Å². The Labute approximate surface area is 129 Å². The van der Waals surface area contributed by atoms with Crippen molar-refractivity contribution in [1.82, 2.24) is 0 Å². The van der Waals surface area contributed by atoms with Crippen LogP contribution in [0.5, 0.6) is 11.5 Å². The van der Waals surface area contributed by atoms with Crippen LogP contribution in [0.4, 0.5) is 17.1 Å².